The molecular formula is C20H20O4. The first-order valence-electron chi connectivity index (χ1n) is 7.75. The molecule has 0 radical (unpaired) electrons. The van der Waals surface area contributed by atoms with Crippen molar-refractivity contribution in [1.29, 1.82) is 0 Å². The molecule has 0 amide bonds. The molecule has 124 valence electrons. The summed E-state index contributed by atoms with van der Waals surface area (Å²) in [6, 6.07) is 7.37. The number of aromatic hydroxyl groups is 1. The minimum atomic E-state index is 0.00864. The number of hydrogen-bond donors (Lipinski definition) is 1. The lowest BCUT2D eigenvalue weighted by Gasteiger charge is -2.08. The van der Waals surface area contributed by atoms with Crippen LogP contribution in [0, 0.1) is 13.8 Å². The minimum absolute atomic E-state index is 0.00864. The monoisotopic (exact) mass is 324 g/mol. The van der Waals surface area contributed by atoms with E-state index < -0.39 is 0 Å². The lowest BCUT2D eigenvalue weighted by Crippen LogP contribution is -1.97. The molecule has 2 aromatic carbocycles. The summed E-state index contributed by atoms with van der Waals surface area (Å²) in [6.07, 6.45) is 2.45. The van der Waals surface area contributed by atoms with Crippen molar-refractivity contribution in [1.82, 2.24) is 0 Å². The number of benzene rings is 2. The first-order valence-corrected chi connectivity index (χ1v) is 7.75. The molecule has 0 fully saturated rings. The highest BCUT2D eigenvalue weighted by atomic mass is 16.5. The third-order valence-electron chi connectivity index (χ3n) is 4.38. The second-order valence-corrected chi connectivity index (χ2v) is 6.04. The van der Waals surface area contributed by atoms with Gasteiger partial charge in [0.1, 0.15) is 5.75 Å². The molecule has 4 nitrogen and oxygen atoms in total. The molecular weight excluding hydrogens is 304 g/mol. The van der Waals surface area contributed by atoms with Crippen LogP contribution in [-0.2, 0) is 6.42 Å². The molecule has 0 aliphatic heterocycles. The molecule has 0 spiro atoms. The topological polar surface area (TPSA) is 55.8 Å². The van der Waals surface area contributed by atoms with Gasteiger partial charge in [-0.1, -0.05) is 0 Å². The van der Waals surface area contributed by atoms with Gasteiger partial charge in [0.05, 0.1) is 14.2 Å². The van der Waals surface area contributed by atoms with Crippen LogP contribution in [0.5, 0.6) is 17.2 Å². The minimum Gasteiger partial charge on any atom is -0.507 e. The Labute approximate surface area is 141 Å². The summed E-state index contributed by atoms with van der Waals surface area (Å²) in [5.41, 5.74) is 4.84. The SMILES string of the molecule is COc1cc2c(cc1OC)C(=O)C(=Cc1cc(C)c(O)c(C)c1)C2. The van der Waals surface area contributed by atoms with E-state index in [9.17, 15) is 9.90 Å². The van der Waals surface area contributed by atoms with Crippen LogP contribution in [0.15, 0.2) is 29.8 Å². The Bertz CT molecular complexity index is 839. The second-order valence-electron chi connectivity index (χ2n) is 6.04. The maximum absolute atomic E-state index is 12.7. The fourth-order valence-corrected chi connectivity index (χ4v) is 3.13. The highest BCUT2D eigenvalue weighted by Gasteiger charge is 2.27. The highest BCUT2D eigenvalue weighted by Crippen LogP contribution is 2.37. The number of phenolic OH excluding ortho intramolecular Hbond substituents is 1. The zero-order chi connectivity index (χ0) is 17.4. The maximum Gasteiger partial charge on any atom is 0.189 e. The van der Waals surface area contributed by atoms with Crippen LogP contribution in [0.4, 0.5) is 0 Å². The first-order chi connectivity index (χ1) is 11.4. The standard InChI is InChI=1S/C20H20O4/c1-11-5-13(6-12(2)19(11)21)7-15-8-14-9-17(23-3)18(24-4)10-16(14)20(15)22/h5-7,9-10,21H,8H2,1-4H3. The molecule has 24 heavy (non-hydrogen) atoms. The number of carbonyl (C=O) groups excluding carboxylic acids is 1. The van der Waals surface area contributed by atoms with Crippen molar-refractivity contribution in [2.24, 2.45) is 0 Å². The fraction of sp³-hybridized carbons (Fsp3) is 0.250. The molecule has 1 N–H and O–H groups in total. The molecule has 0 saturated heterocycles. The number of ether oxygens (including phenoxy) is 2. The summed E-state index contributed by atoms with van der Waals surface area (Å²) in [5, 5.41) is 9.89. The van der Waals surface area contributed by atoms with E-state index in [-0.39, 0.29) is 5.78 Å². The lowest BCUT2D eigenvalue weighted by atomic mass is 10.0. The zero-order valence-electron chi connectivity index (χ0n) is 14.3. The highest BCUT2D eigenvalue weighted by molar-refractivity contribution is 6.16. The number of methoxy groups -OCH3 is 2. The van der Waals surface area contributed by atoms with Gasteiger partial charge in [0, 0.05) is 17.6 Å². The van der Waals surface area contributed by atoms with Crippen molar-refractivity contribution in [3.8, 4) is 17.2 Å². The molecule has 1 aliphatic carbocycles. The van der Waals surface area contributed by atoms with E-state index in [0.29, 0.717) is 29.2 Å². The summed E-state index contributed by atoms with van der Waals surface area (Å²) in [5.74, 6) is 1.49. The van der Waals surface area contributed by atoms with Gasteiger partial charge < -0.3 is 14.6 Å². The van der Waals surface area contributed by atoms with Gasteiger partial charge in [-0.3, -0.25) is 4.79 Å². The summed E-state index contributed by atoms with van der Waals surface area (Å²) >= 11 is 0. The van der Waals surface area contributed by atoms with E-state index >= 15 is 0 Å². The van der Waals surface area contributed by atoms with Crippen molar-refractivity contribution in [3.05, 3.63) is 57.7 Å². The van der Waals surface area contributed by atoms with Gasteiger partial charge in [-0.2, -0.15) is 0 Å². The number of fused-ring (bicyclic) bond motifs is 1. The van der Waals surface area contributed by atoms with Gasteiger partial charge >= 0.3 is 0 Å². The number of Topliss-reactive ketones (excluding diaryl/α,β-unsaturated/α-hetero) is 1. The number of allylic oxidation sites excluding steroid dienone is 1. The van der Waals surface area contributed by atoms with Crippen LogP contribution in [0.1, 0.15) is 32.6 Å². The Hall–Kier alpha value is -2.75. The Morgan fingerprint density at radius 2 is 1.58 bits per heavy atom. The molecule has 0 saturated carbocycles. The van der Waals surface area contributed by atoms with E-state index in [1.54, 1.807) is 20.3 Å². The molecule has 4 heteroatoms. The summed E-state index contributed by atoms with van der Waals surface area (Å²) in [4.78, 5) is 12.7. The van der Waals surface area contributed by atoms with Crippen molar-refractivity contribution in [2.45, 2.75) is 20.3 Å². The van der Waals surface area contributed by atoms with Gasteiger partial charge in [-0.05, 0) is 66.4 Å². The predicted octanol–water partition coefficient (Wildman–Crippen LogP) is 3.85. The van der Waals surface area contributed by atoms with Crippen molar-refractivity contribution >= 4 is 11.9 Å². The number of rotatable bonds is 3. The fourth-order valence-electron chi connectivity index (χ4n) is 3.13. The average Bonchev–Trinajstić information content (AvgIpc) is 2.86. The van der Waals surface area contributed by atoms with Crippen LogP contribution in [0.3, 0.4) is 0 Å². The van der Waals surface area contributed by atoms with Crippen molar-refractivity contribution < 1.29 is 19.4 Å². The van der Waals surface area contributed by atoms with Gasteiger partial charge in [0.2, 0.25) is 0 Å². The average molecular weight is 324 g/mol. The number of hydrogen-bond acceptors (Lipinski definition) is 4. The van der Waals surface area contributed by atoms with E-state index in [4.69, 9.17) is 9.47 Å². The first kappa shape index (κ1) is 16.1. The van der Waals surface area contributed by atoms with Crippen LogP contribution in [0.25, 0.3) is 6.08 Å². The van der Waals surface area contributed by atoms with E-state index in [1.165, 1.54) is 0 Å². The van der Waals surface area contributed by atoms with Crippen molar-refractivity contribution in [2.75, 3.05) is 14.2 Å². The molecule has 0 aromatic heterocycles. The Morgan fingerprint density at radius 1 is 1.00 bits per heavy atom. The number of carbonyl (C=O) groups is 1. The molecule has 2 aromatic rings. The quantitative estimate of drug-likeness (QED) is 0.871. The number of phenols is 1. The normalized spacial score (nSPS) is 14.8. The van der Waals surface area contributed by atoms with E-state index in [1.807, 2.05) is 38.1 Å². The van der Waals surface area contributed by atoms with Gasteiger partial charge in [-0.25, -0.2) is 0 Å². The van der Waals surface area contributed by atoms with E-state index in [2.05, 4.69) is 0 Å². The molecule has 0 atom stereocenters. The predicted molar refractivity (Wildman–Crippen MR) is 93.1 cm³/mol. The molecule has 0 unspecified atom stereocenters. The van der Waals surface area contributed by atoms with Crippen molar-refractivity contribution in [3.63, 3.8) is 0 Å². The smallest absolute Gasteiger partial charge is 0.189 e. The lowest BCUT2D eigenvalue weighted by molar-refractivity contribution is 0.104. The third kappa shape index (κ3) is 2.64. The molecule has 1 aliphatic rings. The Kier molecular flexibility index (Phi) is 4.06. The molecule has 0 bridgehead atoms. The summed E-state index contributed by atoms with van der Waals surface area (Å²) in [7, 11) is 3.14. The van der Waals surface area contributed by atoms with Gasteiger partial charge in [0.25, 0.3) is 0 Å². The van der Waals surface area contributed by atoms with E-state index in [0.717, 1.165) is 27.8 Å². The van der Waals surface area contributed by atoms with Crippen LogP contribution in [-0.4, -0.2) is 25.1 Å². The van der Waals surface area contributed by atoms with Crippen LogP contribution < -0.4 is 9.47 Å². The number of ketones is 1. The van der Waals surface area contributed by atoms with Gasteiger partial charge in [0.15, 0.2) is 17.3 Å². The molecule has 0 heterocycles. The van der Waals surface area contributed by atoms with Crippen LogP contribution in [0.2, 0.25) is 0 Å². The van der Waals surface area contributed by atoms with Crippen LogP contribution >= 0.6 is 0 Å². The van der Waals surface area contributed by atoms with Gasteiger partial charge in [-0.15, -0.1) is 0 Å². The maximum atomic E-state index is 12.7. The zero-order valence-corrected chi connectivity index (χ0v) is 14.3. The Morgan fingerprint density at radius 3 is 2.17 bits per heavy atom. The third-order valence-corrected chi connectivity index (χ3v) is 4.38. The molecule has 3 rings (SSSR count). The number of aryl methyl sites for hydroxylation is 2. The summed E-state index contributed by atoms with van der Waals surface area (Å²) < 4.78 is 10.6. The summed E-state index contributed by atoms with van der Waals surface area (Å²) in [6.45, 7) is 3.70. The Balaban J connectivity index is 2.02. The largest absolute Gasteiger partial charge is 0.507 e. The second kappa shape index (κ2) is 6.04.